The topological polar surface area (TPSA) is 38.5 Å². The monoisotopic (exact) mass is 280 g/mol. The van der Waals surface area contributed by atoms with Crippen LogP contribution in [0.3, 0.4) is 0 Å². The van der Waals surface area contributed by atoms with E-state index in [0.29, 0.717) is 22.7 Å². The highest BCUT2D eigenvalue weighted by Crippen LogP contribution is 2.48. The van der Waals surface area contributed by atoms with Gasteiger partial charge in [-0.05, 0) is 57.3 Å². The molecule has 0 heterocycles. The van der Waals surface area contributed by atoms with Crippen LogP contribution in [0.2, 0.25) is 5.02 Å². The second kappa shape index (κ2) is 4.88. The van der Waals surface area contributed by atoms with E-state index in [1.54, 1.807) is 6.07 Å². The van der Waals surface area contributed by atoms with Crippen LogP contribution < -0.4 is 10.5 Å². The number of nitrogens with zero attached hydrogens (tertiary/aromatic N) is 1. The maximum atomic E-state index is 6.24. The van der Waals surface area contributed by atoms with E-state index in [9.17, 15) is 0 Å². The van der Waals surface area contributed by atoms with Crippen molar-refractivity contribution in [2.75, 3.05) is 19.8 Å². The van der Waals surface area contributed by atoms with Crippen LogP contribution in [-0.4, -0.2) is 31.1 Å². The Morgan fingerprint density at radius 3 is 2.74 bits per heavy atom. The number of benzene rings is 1. The van der Waals surface area contributed by atoms with Crippen LogP contribution in [0.15, 0.2) is 18.2 Å². The largest absolute Gasteiger partial charge is 0.486 e. The van der Waals surface area contributed by atoms with Crippen molar-refractivity contribution >= 4 is 17.3 Å². The Balaban J connectivity index is 1.83. The molecule has 2 N–H and O–H groups in total. The zero-order valence-corrected chi connectivity index (χ0v) is 12.2. The summed E-state index contributed by atoms with van der Waals surface area (Å²) in [5.41, 5.74) is 6.66. The van der Waals surface area contributed by atoms with Crippen LogP contribution >= 0.6 is 11.6 Å². The van der Waals surface area contributed by atoms with Gasteiger partial charge < -0.3 is 15.4 Å². The van der Waals surface area contributed by atoms with Gasteiger partial charge >= 0.3 is 0 Å². The third kappa shape index (κ3) is 2.30. The Hall–Kier alpha value is -0.930. The molecular formula is C15H21ClN2O. The number of halogens is 1. The molecule has 1 aromatic rings. The normalized spacial score (nSPS) is 33.1. The van der Waals surface area contributed by atoms with Crippen LogP contribution in [-0.2, 0) is 0 Å². The zero-order valence-electron chi connectivity index (χ0n) is 11.5. The molecule has 2 saturated carbocycles. The predicted octanol–water partition coefficient (Wildman–Crippen LogP) is 3.03. The molecule has 0 amide bonds. The standard InChI is InChI=1S/C15H21ClN2O/c1-18(2)14-9-3-4-10(7-9)15(14)19-13-8-11(16)5-6-12(13)17/h5-6,8-10,14-15H,3-4,7,17H2,1-2H3. The average molecular weight is 281 g/mol. The van der Waals surface area contributed by atoms with E-state index in [1.165, 1.54) is 19.3 Å². The van der Waals surface area contributed by atoms with Crippen molar-refractivity contribution in [3.05, 3.63) is 23.2 Å². The lowest BCUT2D eigenvalue weighted by Crippen LogP contribution is -2.46. The molecule has 19 heavy (non-hydrogen) atoms. The minimum Gasteiger partial charge on any atom is -0.486 e. The molecule has 0 aliphatic heterocycles. The number of fused-ring (bicyclic) bond motifs is 2. The van der Waals surface area contributed by atoms with Gasteiger partial charge in [-0.2, -0.15) is 0 Å². The molecule has 3 rings (SSSR count). The third-order valence-corrected chi connectivity index (χ3v) is 4.87. The van der Waals surface area contributed by atoms with Crippen molar-refractivity contribution in [3.8, 4) is 5.75 Å². The lowest BCUT2D eigenvalue weighted by atomic mass is 9.91. The second-order valence-corrected chi connectivity index (χ2v) is 6.49. The molecule has 2 bridgehead atoms. The second-order valence-electron chi connectivity index (χ2n) is 6.05. The fourth-order valence-electron chi connectivity index (χ4n) is 3.85. The number of nitrogens with two attached hydrogens (primary N) is 1. The van der Waals surface area contributed by atoms with E-state index in [-0.39, 0.29) is 6.10 Å². The molecule has 2 aliphatic carbocycles. The number of nitrogen functional groups attached to an aromatic ring is 1. The van der Waals surface area contributed by atoms with Gasteiger partial charge in [-0.3, -0.25) is 0 Å². The van der Waals surface area contributed by atoms with Gasteiger partial charge in [0.05, 0.1) is 5.69 Å². The minimum absolute atomic E-state index is 0.245. The Labute approximate surface area is 119 Å². The first-order chi connectivity index (χ1) is 9.06. The van der Waals surface area contributed by atoms with Gasteiger partial charge in [0.2, 0.25) is 0 Å². The number of hydrogen-bond acceptors (Lipinski definition) is 3. The van der Waals surface area contributed by atoms with Gasteiger partial charge in [0.1, 0.15) is 11.9 Å². The van der Waals surface area contributed by atoms with Crippen LogP contribution in [0.5, 0.6) is 5.75 Å². The summed E-state index contributed by atoms with van der Waals surface area (Å²) in [6.07, 6.45) is 4.14. The molecule has 0 radical (unpaired) electrons. The molecule has 0 aromatic heterocycles. The van der Waals surface area contributed by atoms with Crippen molar-refractivity contribution < 1.29 is 4.74 Å². The quantitative estimate of drug-likeness (QED) is 0.865. The fourth-order valence-corrected chi connectivity index (χ4v) is 4.01. The summed E-state index contributed by atoms with van der Waals surface area (Å²) < 4.78 is 6.24. The molecule has 2 aliphatic rings. The van der Waals surface area contributed by atoms with Gasteiger partial charge in [0, 0.05) is 17.1 Å². The highest BCUT2D eigenvalue weighted by atomic mass is 35.5. The highest BCUT2D eigenvalue weighted by Gasteiger charge is 2.50. The van der Waals surface area contributed by atoms with E-state index >= 15 is 0 Å². The van der Waals surface area contributed by atoms with Gasteiger partial charge in [-0.1, -0.05) is 11.6 Å². The van der Waals surface area contributed by atoms with Crippen molar-refractivity contribution in [2.45, 2.75) is 31.4 Å². The molecular weight excluding hydrogens is 260 g/mol. The van der Waals surface area contributed by atoms with Crippen LogP contribution in [0.4, 0.5) is 5.69 Å². The first kappa shape index (κ1) is 13.1. The SMILES string of the molecule is CN(C)C1C2CCC(C2)C1Oc1cc(Cl)ccc1N. The smallest absolute Gasteiger partial charge is 0.144 e. The molecule has 0 spiro atoms. The summed E-state index contributed by atoms with van der Waals surface area (Å²) in [6, 6.07) is 5.94. The van der Waals surface area contributed by atoms with Crippen LogP contribution in [0, 0.1) is 11.8 Å². The van der Waals surface area contributed by atoms with Gasteiger partial charge in [-0.25, -0.2) is 0 Å². The minimum atomic E-state index is 0.245. The molecule has 1 aromatic carbocycles. The summed E-state index contributed by atoms with van der Waals surface area (Å²) >= 11 is 6.03. The number of anilines is 1. The lowest BCUT2D eigenvalue weighted by Gasteiger charge is -2.36. The number of rotatable bonds is 3. The molecule has 4 heteroatoms. The molecule has 4 unspecified atom stereocenters. The molecule has 3 nitrogen and oxygen atoms in total. The van der Waals surface area contributed by atoms with Crippen molar-refractivity contribution in [3.63, 3.8) is 0 Å². The molecule has 4 atom stereocenters. The van der Waals surface area contributed by atoms with E-state index in [1.807, 2.05) is 12.1 Å². The van der Waals surface area contributed by atoms with E-state index in [0.717, 1.165) is 11.7 Å². The number of likely N-dealkylation sites (N-methyl/N-ethyl adjacent to an activating group) is 1. The number of hydrogen-bond donors (Lipinski definition) is 1. The van der Waals surface area contributed by atoms with Crippen LogP contribution in [0.1, 0.15) is 19.3 Å². The van der Waals surface area contributed by atoms with E-state index in [4.69, 9.17) is 22.1 Å². The summed E-state index contributed by atoms with van der Waals surface area (Å²) in [4.78, 5) is 2.30. The van der Waals surface area contributed by atoms with Crippen molar-refractivity contribution in [1.29, 1.82) is 0 Å². The molecule has 0 saturated heterocycles. The molecule has 2 fully saturated rings. The Bertz CT molecular complexity index is 477. The van der Waals surface area contributed by atoms with Crippen molar-refractivity contribution in [1.82, 2.24) is 4.90 Å². The van der Waals surface area contributed by atoms with Crippen LogP contribution in [0.25, 0.3) is 0 Å². The fraction of sp³-hybridized carbons (Fsp3) is 0.600. The average Bonchev–Trinajstić information content (AvgIpc) is 2.94. The summed E-state index contributed by atoms with van der Waals surface area (Å²) in [6.45, 7) is 0. The van der Waals surface area contributed by atoms with Gasteiger partial charge in [0.25, 0.3) is 0 Å². The predicted molar refractivity (Wildman–Crippen MR) is 78.6 cm³/mol. The van der Waals surface area contributed by atoms with Crippen molar-refractivity contribution in [2.24, 2.45) is 11.8 Å². The Morgan fingerprint density at radius 1 is 1.26 bits per heavy atom. The van der Waals surface area contributed by atoms with E-state index < -0.39 is 0 Å². The zero-order chi connectivity index (χ0) is 13.6. The third-order valence-electron chi connectivity index (χ3n) is 4.63. The lowest BCUT2D eigenvalue weighted by molar-refractivity contribution is 0.0543. The Kier molecular flexibility index (Phi) is 3.35. The number of ether oxygens (including phenoxy) is 1. The summed E-state index contributed by atoms with van der Waals surface area (Å²) in [5, 5.41) is 0.675. The summed E-state index contributed by atoms with van der Waals surface area (Å²) in [5.74, 6) is 2.16. The maximum Gasteiger partial charge on any atom is 0.144 e. The highest BCUT2D eigenvalue weighted by molar-refractivity contribution is 6.30. The van der Waals surface area contributed by atoms with E-state index in [2.05, 4.69) is 19.0 Å². The van der Waals surface area contributed by atoms with Gasteiger partial charge in [-0.15, -0.1) is 0 Å². The first-order valence-corrected chi connectivity index (χ1v) is 7.32. The molecule has 104 valence electrons. The summed E-state index contributed by atoms with van der Waals surface area (Å²) in [7, 11) is 4.28. The van der Waals surface area contributed by atoms with Gasteiger partial charge in [0.15, 0.2) is 0 Å². The Morgan fingerprint density at radius 2 is 2.00 bits per heavy atom. The maximum absolute atomic E-state index is 6.24. The first-order valence-electron chi connectivity index (χ1n) is 6.94.